The van der Waals surface area contributed by atoms with Gasteiger partial charge in [-0.2, -0.15) is 4.80 Å². The highest BCUT2D eigenvalue weighted by Crippen LogP contribution is 2.24. The first-order chi connectivity index (χ1) is 17.2. The number of tetrazole rings is 1. The Hall–Kier alpha value is -4.21. The van der Waals surface area contributed by atoms with E-state index in [4.69, 9.17) is 0 Å². The van der Waals surface area contributed by atoms with Crippen molar-refractivity contribution >= 4 is 28.4 Å². The van der Waals surface area contributed by atoms with Crippen LogP contribution in [0.2, 0.25) is 0 Å². The number of rotatable bonds is 7. The van der Waals surface area contributed by atoms with Crippen LogP contribution in [-0.4, -0.2) is 48.6 Å². The van der Waals surface area contributed by atoms with Gasteiger partial charge in [0.05, 0.1) is 23.0 Å². The number of amides is 2. The standard InChI is InChI=1S/C26H28FN7O2/c1-5-22(25(36)29-26(2,3)4)34(18-14-17-10-6-9-13-21(17)28-15-18)23(35)16-33-31-24(30-32-33)19-11-7-8-12-20(19)27/h6-15,22H,5,16H2,1-4H3,(H,29,36)/t22-/m1/s1. The van der Waals surface area contributed by atoms with Crippen molar-refractivity contribution in [3.8, 4) is 11.4 Å². The van der Waals surface area contributed by atoms with E-state index in [0.29, 0.717) is 12.1 Å². The third-order valence-corrected chi connectivity index (χ3v) is 5.47. The summed E-state index contributed by atoms with van der Waals surface area (Å²) in [4.78, 5) is 33.9. The van der Waals surface area contributed by atoms with Gasteiger partial charge in [-0.3, -0.25) is 19.5 Å². The summed E-state index contributed by atoms with van der Waals surface area (Å²) in [5, 5.41) is 15.8. The molecule has 4 rings (SSSR count). The topological polar surface area (TPSA) is 106 Å². The van der Waals surface area contributed by atoms with Crippen LogP contribution in [0.25, 0.3) is 22.3 Å². The van der Waals surface area contributed by atoms with E-state index >= 15 is 0 Å². The summed E-state index contributed by atoms with van der Waals surface area (Å²) < 4.78 is 14.2. The second-order valence-electron chi connectivity index (χ2n) is 9.44. The molecular weight excluding hydrogens is 461 g/mol. The average Bonchev–Trinajstić information content (AvgIpc) is 3.29. The number of carbonyl (C=O) groups is 2. The van der Waals surface area contributed by atoms with Crippen molar-refractivity contribution in [1.29, 1.82) is 0 Å². The van der Waals surface area contributed by atoms with Gasteiger partial charge < -0.3 is 5.32 Å². The first kappa shape index (κ1) is 24.9. The molecule has 0 saturated carbocycles. The van der Waals surface area contributed by atoms with Gasteiger partial charge in [0.15, 0.2) is 0 Å². The Bertz CT molecular complexity index is 1400. The van der Waals surface area contributed by atoms with Crippen LogP contribution < -0.4 is 10.2 Å². The van der Waals surface area contributed by atoms with Crippen LogP contribution in [0.4, 0.5) is 10.1 Å². The number of nitrogens with one attached hydrogen (secondary N) is 1. The van der Waals surface area contributed by atoms with Crippen molar-refractivity contribution in [1.82, 2.24) is 30.5 Å². The summed E-state index contributed by atoms with van der Waals surface area (Å²) in [6.07, 6.45) is 1.94. The molecule has 10 heteroatoms. The van der Waals surface area contributed by atoms with Crippen LogP contribution in [0.5, 0.6) is 0 Å². The summed E-state index contributed by atoms with van der Waals surface area (Å²) >= 11 is 0. The Balaban J connectivity index is 1.69. The minimum Gasteiger partial charge on any atom is -0.350 e. The quantitative estimate of drug-likeness (QED) is 0.424. The van der Waals surface area contributed by atoms with Crippen molar-refractivity contribution in [2.24, 2.45) is 0 Å². The highest BCUT2D eigenvalue weighted by Gasteiger charge is 2.32. The number of benzene rings is 2. The molecule has 0 spiro atoms. The summed E-state index contributed by atoms with van der Waals surface area (Å²) in [5.41, 5.74) is 0.948. The molecule has 0 fully saturated rings. The van der Waals surface area contributed by atoms with E-state index in [9.17, 15) is 14.0 Å². The second-order valence-corrected chi connectivity index (χ2v) is 9.44. The summed E-state index contributed by atoms with van der Waals surface area (Å²) in [6, 6.07) is 14.6. The van der Waals surface area contributed by atoms with E-state index in [2.05, 4.69) is 25.7 Å². The Labute approximate surface area is 208 Å². The van der Waals surface area contributed by atoms with Gasteiger partial charge in [0.1, 0.15) is 18.4 Å². The van der Waals surface area contributed by atoms with Gasteiger partial charge in [0, 0.05) is 10.9 Å². The fraction of sp³-hybridized carbons (Fsp3) is 0.308. The van der Waals surface area contributed by atoms with Crippen molar-refractivity contribution < 1.29 is 14.0 Å². The van der Waals surface area contributed by atoms with E-state index in [1.807, 2.05) is 58.0 Å². The minimum absolute atomic E-state index is 0.0670. The third kappa shape index (κ3) is 5.54. The van der Waals surface area contributed by atoms with Crippen molar-refractivity contribution in [2.75, 3.05) is 4.90 Å². The van der Waals surface area contributed by atoms with Crippen LogP contribution >= 0.6 is 0 Å². The normalized spacial score (nSPS) is 12.4. The molecule has 9 nitrogen and oxygen atoms in total. The number of fused-ring (bicyclic) bond motifs is 1. The highest BCUT2D eigenvalue weighted by atomic mass is 19.1. The maximum atomic E-state index is 14.2. The average molecular weight is 490 g/mol. The molecule has 0 saturated heterocycles. The lowest BCUT2D eigenvalue weighted by Gasteiger charge is -2.32. The SMILES string of the molecule is CC[C@H](C(=O)NC(C)(C)C)N(C(=O)Cn1nnc(-c2ccccc2F)n1)c1cnc2ccccc2c1. The molecule has 2 heterocycles. The molecule has 1 atom stereocenters. The van der Waals surface area contributed by atoms with Gasteiger partial charge in [-0.1, -0.05) is 37.3 Å². The fourth-order valence-electron chi connectivity index (χ4n) is 3.88. The van der Waals surface area contributed by atoms with Crippen LogP contribution in [0.1, 0.15) is 34.1 Å². The summed E-state index contributed by atoms with van der Waals surface area (Å²) in [6.45, 7) is 7.18. The lowest BCUT2D eigenvalue weighted by atomic mass is 10.1. The lowest BCUT2D eigenvalue weighted by Crippen LogP contribution is -2.54. The molecule has 36 heavy (non-hydrogen) atoms. The molecule has 2 aromatic carbocycles. The summed E-state index contributed by atoms with van der Waals surface area (Å²) in [5.74, 6) is -1.14. The zero-order valence-corrected chi connectivity index (χ0v) is 20.6. The number of hydrogen-bond donors (Lipinski definition) is 1. The highest BCUT2D eigenvalue weighted by molar-refractivity contribution is 6.01. The van der Waals surface area contributed by atoms with Crippen molar-refractivity contribution in [3.05, 3.63) is 66.6 Å². The first-order valence-corrected chi connectivity index (χ1v) is 11.7. The molecule has 0 aliphatic heterocycles. The second kappa shape index (κ2) is 10.2. The Morgan fingerprint density at radius 3 is 2.56 bits per heavy atom. The van der Waals surface area contributed by atoms with Crippen LogP contribution in [-0.2, 0) is 16.1 Å². The van der Waals surface area contributed by atoms with E-state index < -0.39 is 23.3 Å². The number of para-hydroxylation sites is 1. The number of anilines is 1. The number of carbonyl (C=O) groups excluding carboxylic acids is 2. The van der Waals surface area contributed by atoms with Crippen LogP contribution in [0.3, 0.4) is 0 Å². The van der Waals surface area contributed by atoms with E-state index in [1.54, 1.807) is 18.3 Å². The molecule has 0 bridgehead atoms. The number of aromatic nitrogens is 5. The van der Waals surface area contributed by atoms with Gasteiger partial charge in [-0.15, -0.1) is 10.2 Å². The molecule has 0 aliphatic rings. The van der Waals surface area contributed by atoms with Gasteiger partial charge >= 0.3 is 0 Å². The molecular formula is C26H28FN7O2. The molecule has 0 radical (unpaired) electrons. The zero-order valence-electron chi connectivity index (χ0n) is 20.6. The Kier molecular flexibility index (Phi) is 7.05. The minimum atomic E-state index is -0.797. The van der Waals surface area contributed by atoms with Gasteiger partial charge in [-0.25, -0.2) is 4.39 Å². The molecule has 186 valence electrons. The van der Waals surface area contributed by atoms with Gasteiger partial charge in [0.25, 0.3) is 5.91 Å². The van der Waals surface area contributed by atoms with E-state index in [0.717, 1.165) is 15.7 Å². The predicted molar refractivity (Wildman–Crippen MR) is 134 cm³/mol. The fourth-order valence-corrected chi connectivity index (χ4v) is 3.88. The largest absolute Gasteiger partial charge is 0.350 e. The molecule has 2 aromatic heterocycles. The maximum absolute atomic E-state index is 14.2. The van der Waals surface area contributed by atoms with Crippen LogP contribution in [0.15, 0.2) is 60.8 Å². The summed E-state index contributed by atoms with van der Waals surface area (Å²) in [7, 11) is 0. The van der Waals surface area contributed by atoms with E-state index in [-0.39, 0.29) is 23.8 Å². The first-order valence-electron chi connectivity index (χ1n) is 11.7. The molecule has 2 amide bonds. The molecule has 1 N–H and O–H groups in total. The molecule has 0 unspecified atom stereocenters. The predicted octanol–water partition coefficient (Wildman–Crippen LogP) is 3.75. The van der Waals surface area contributed by atoms with E-state index in [1.165, 1.54) is 17.0 Å². The number of nitrogens with zero attached hydrogens (tertiary/aromatic N) is 6. The Morgan fingerprint density at radius 2 is 1.83 bits per heavy atom. The third-order valence-electron chi connectivity index (χ3n) is 5.47. The van der Waals surface area contributed by atoms with Crippen LogP contribution in [0, 0.1) is 5.82 Å². The Morgan fingerprint density at radius 1 is 1.11 bits per heavy atom. The molecule has 4 aromatic rings. The number of halogens is 1. The maximum Gasteiger partial charge on any atom is 0.251 e. The number of pyridine rings is 1. The molecule has 0 aliphatic carbocycles. The number of hydrogen-bond acceptors (Lipinski definition) is 6. The van der Waals surface area contributed by atoms with Gasteiger partial charge in [0.2, 0.25) is 11.7 Å². The lowest BCUT2D eigenvalue weighted by molar-refractivity contribution is -0.128. The van der Waals surface area contributed by atoms with Crippen molar-refractivity contribution in [3.63, 3.8) is 0 Å². The smallest absolute Gasteiger partial charge is 0.251 e. The monoisotopic (exact) mass is 489 g/mol. The van der Waals surface area contributed by atoms with Gasteiger partial charge in [-0.05, 0) is 56.7 Å². The van der Waals surface area contributed by atoms with Crippen molar-refractivity contribution in [2.45, 2.75) is 52.2 Å². The zero-order chi connectivity index (χ0) is 25.9.